The van der Waals surface area contributed by atoms with E-state index in [0.29, 0.717) is 41.4 Å². The molecule has 4 rings (SSSR count). The fourth-order valence-electron chi connectivity index (χ4n) is 3.32. The standard InChI is InChI=1S/C27H28N4O3/c1-18(2)17-34-27-29-25(20-10-8-19(3)9-11-20)31(30-27)23-14-12-22(13-15-23)28-26(32)21-6-5-7-24(16-21)33-4/h5-16,18H,17H2,1-4H3,(H,28,32). The molecule has 1 N–H and O–H groups in total. The Hall–Kier alpha value is -4.13. The second-order valence-corrected chi connectivity index (χ2v) is 8.43. The Morgan fingerprint density at radius 1 is 1.03 bits per heavy atom. The van der Waals surface area contributed by atoms with Gasteiger partial charge in [0, 0.05) is 16.8 Å². The van der Waals surface area contributed by atoms with E-state index in [1.165, 1.54) is 5.56 Å². The highest BCUT2D eigenvalue weighted by atomic mass is 16.5. The quantitative estimate of drug-likeness (QED) is 0.377. The van der Waals surface area contributed by atoms with Crippen LogP contribution in [0.2, 0.25) is 0 Å². The second-order valence-electron chi connectivity index (χ2n) is 8.43. The van der Waals surface area contributed by atoms with Gasteiger partial charge in [-0.05, 0) is 55.3 Å². The van der Waals surface area contributed by atoms with Crippen molar-refractivity contribution in [3.63, 3.8) is 0 Å². The van der Waals surface area contributed by atoms with Gasteiger partial charge in [-0.2, -0.15) is 4.98 Å². The highest BCUT2D eigenvalue weighted by molar-refractivity contribution is 6.04. The van der Waals surface area contributed by atoms with Crippen molar-refractivity contribution in [1.29, 1.82) is 0 Å². The summed E-state index contributed by atoms with van der Waals surface area (Å²) in [6.45, 7) is 6.74. The average Bonchev–Trinajstić information content (AvgIpc) is 3.28. The minimum Gasteiger partial charge on any atom is -0.497 e. The van der Waals surface area contributed by atoms with Crippen molar-refractivity contribution in [3.8, 4) is 28.8 Å². The number of methoxy groups -OCH3 is 1. The number of benzene rings is 3. The lowest BCUT2D eigenvalue weighted by Crippen LogP contribution is -2.12. The van der Waals surface area contributed by atoms with Crippen LogP contribution in [0.25, 0.3) is 17.1 Å². The van der Waals surface area contributed by atoms with Crippen LogP contribution in [0.1, 0.15) is 29.8 Å². The molecule has 0 aliphatic heterocycles. The number of nitrogens with zero attached hydrogens (tertiary/aromatic N) is 3. The van der Waals surface area contributed by atoms with Gasteiger partial charge in [0.15, 0.2) is 5.82 Å². The number of carbonyl (C=O) groups excluding carboxylic acids is 1. The Morgan fingerprint density at radius 2 is 1.76 bits per heavy atom. The minimum atomic E-state index is -0.211. The first-order chi connectivity index (χ1) is 16.4. The Balaban J connectivity index is 1.59. The summed E-state index contributed by atoms with van der Waals surface area (Å²) in [5, 5.41) is 7.50. The van der Waals surface area contributed by atoms with Gasteiger partial charge >= 0.3 is 6.01 Å². The lowest BCUT2D eigenvalue weighted by atomic mass is 10.1. The monoisotopic (exact) mass is 456 g/mol. The van der Waals surface area contributed by atoms with Gasteiger partial charge in [-0.3, -0.25) is 4.79 Å². The van der Waals surface area contributed by atoms with Gasteiger partial charge in [-0.25, -0.2) is 4.68 Å². The van der Waals surface area contributed by atoms with E-state index < -0.39 is 0 Å². The number of amides is 1. The Labute approximate surface area is 199 Å². The van der Waals surface area contributed by atoms with Crippen molar-refractivity contribution in [3.05, 3.63) is 83.9 Å². The molecule has 0 bridgehead atoms. The van der Waals surface area contributed by atoms with Gasteiger partial charge in [-0.15, -0.1) is 5.10 Å². The summed E-state index contributed by atoms with van der Waals surface area (Å²) in [6, 6.07) is 22.9. The van der Waals surface area contributed by atoms with Crippen LogP contribution in [0.15, 0.2) is 72.8 Å². The molecular formula is C27H28N4O3. The molecule has 0 unspecified atom stereocenters. The molecule has 1 aromatic heterocycles. The van der Waals surface area contributed by atoms with Gasteiger partial charge < -0.3 is 14.8 Å². The average molecular weight is 457 g/mol. The van der Waals surface area contributed by atoms with E-state index in [1.54, 1.807) is 36.1 Å². The molecule has 0 atom stereocenters. The number of nitrogens with one attached hydrogen (secondary N) is 1. The summed E-state index contributed by atoms with van der Waals surface area (Å²) < 4.78 is 12.7. The van der Waals surface area contributed by atoms with Crippen LogP contribution in [0.4, 0.5) is 5.69 Å². The van der Waals surface area contributed by atoms with Gasteiger partial charge in [0.1, 0.15) is 5.75 Å². The molecule has 0 aliphatic rings. The molecule has 7 nitrogen and oxygen atoms in total. The Morgan fingerprint density at radius 3 is 2.44 bits per heavy atom. The molecule has 0 aliphatic carbocycles. The molecule has 174 valence electrons. The van der Waals surface area contributed by atoms with Gasteiger partial charge in [0.2, 0.25) is 0 Å². The number of hydrogen-bond donors (Lipinski definition) is 1. The fourth-order valence-corrected chi connectivity index (χ4v) is 3.32. The maximum Gasteiger partial charge on any atom is 0.336 e. The van der Waals surface area contributed by atoms with Crippen LogP contribution < -0.4 is 14.8 Å². The van der Waals surface area contributed by atoms with E-state index in [9.17, 15) is 4.79 Å². The van der Waals surface area contributed by atoms with Crippen molar-refractivity contribution in [2.24, 2.45) is 5.92 Å². The summed E-state index contributed by atoms with van der Waals surface area (Å²) >= 11 is 0. The van der Waals surface area contributed by atoms with Gasteiger partial charge in [0.25, 0.3) is 5.91 Å². The van der Waals surface area contributed by atoms with Crippen LogP contribution in [0.3, 0.4) is 0 Å². The summed E-state index contributed by atoms with van der Waals surface area (Å²) in [5.41, 5.74) is 4.11. The number of rotatable bonds is 8. The molecule has 3 aromatic carbocycles. The van der Waals surface area contributed by atoms with Crippen LogP contribution in [-0.2, 0) is 0 Å². The number of anilines is 1. The molecular weight excluding hydrogens is 428 g/mol. The van der Waals surface area contributed by atoms with E-state index in [2.05, 4.69) is 29.2 Å². The maximum absolute atomic E-state index is 12.6. The molecule has 7 heteroatoms. The highest BCUT2D eigenvalue weighted by Gasteiger charge is 2.16. The fraction of sp³-hybridized carbons (Fsp3) is 0.222. The summed E-state index contributed by atoms with van der Waals surface area (Å²) in [6.07, 6.45) is 0. The van der Waals surface area contributed by atoms with Crippen LogP contribution >= 0.6 is 0 Å². The van der Waals surface area contributed by atoms with E-state index in [1.807, 2.05) is 55.5 Å². The maximum atomic E-state index is 12.6. The van der Waals surface area contributed by atoms with Crippen molar-refractivity contribution in [1.82, 2.24) is 14.8 Å². The Kier molecular flexibility index (Phi) is 6.92. The molecule has 1 amide bonds. The lowest BCUT2D eigenvalue weighted by Gasteiger charge is -2.09. The minimum absolute atomic E-state index is 0.211. The smallest absolute Gasteiger partial charge is 0.336 e. The largest absolute Gasteiger partial charge is 0.497 e. The predicted molar refractivity (Wildman–Crippen MR) is 133 cm³/mol. The van der Waals surface area contributed by atoms with Gasteiger partial charge in [0.05, 0.1) is 19.4 Å². The summed E-state index contributed by atoms with van der Waals surface area (Å²) in [7, 11) is 1.57. The number of ether oxygens (including phenoxy) is 2. The highest BCUT2D eigenvalue weighted by Crippen LogP contribution is 2.25. The van der Waals surface area contributed by atoms with Crippen molar-refractivity contribution >= 4 is 11.6 Å². The first kappa shape index (κ1) is 23.0. The number of aryl methyl sites for hydroxylation is 1. The van der Waals surface area contributed by atoms with Crippen molar-refractivity contribution in [2.75, 3.05) is 19.0 Å². The summed E-state index contributed by atoms with van der Waals surface area (Å²) in [4.78, 5) is 17.3. The van der Waals surface area contributed by atoms with Crippen molar-refractivity contribution in [2.45, 2.75) is 20.8 Å². The normalized spacial score (nSPS) is 10.9. The van der Waals surface area contributed by atoms with E-state index >= 15 is 0 Å². The molecule has 34 heavy (non-hydrogen) atoms. The zero-order valence-electron chi connectivity index (χ0n) is 19.8. The Bertz CT molecular complexity index is 1260. The van der Waals surface area contributed by atoms with E-state index in [4.69, 9.17) is 9.47 Å². The van der Waals surface area contributed by atoms with Crippen LogP contribution in [0.5, 0.6) is 11.8 Å². The third-order valence-corrected chi connectivity index (χ3v) is 5.14. The lowest BCUT2D eigenvalue weighted by molar-refractivity contribution is 0.102. The third-order valence-electron chi connectivity index (χ3n) is 5.14. The topological polar surface area (TPSA) is 78.3 Å². The van der Waals surface area contributed by atoms with Crippen LogP contribution in [0, 0.1) is 12.8 Å². The zero-order valence-corrected chi connectivity index (χ0v) is 19.8. The number of aromatic nitrogens is 3. The van der Waals surface area contributed by atoms with Crippen LogP contribution in [-0.4, -0.2) is 34.4 Å². The number of carbonyl (C=O) groups is 1. The third kappa shape index (κ3) is 5.43. The summed E-state index contributed by atoms with van der Waals surface area (Å²) in [5.74, 6) is 1.47. The van der Waals surface area contributed by atoms with E-state index in [0.717, 1.165) is 11.3 Å². The number of hydrogen-bond acceptors (Lipinski definition) is 5. The first-order valence-corrected chi connectivity index (χ1v) is 11.2. The molecule has 0 saturated carbocycles. The molecule has 0 fully saturated rings. The van der Waals surface area contributed by atoms with E-state index in [-0.39, 0.29) is 5.91 Å². The van der Waals surface area contributed by atoms with Gasteiger partial charge in [-0.1, -0.05) is 49.7 Å². The SMILES string of the molecule is COc1cccc(C(=O)Nc2ccc(-n3nc(OCC(C)C)nc3-c3ccc(C)cc3)cc2)c1. The second kappa shape index (κ2) is 10.2. The molecule has 4 aromatic rings. The molecule has 0 spiro atoms. The first-order valence-electron chi connectivity index (χ1n) is 11.2. The molecule has 0 saturated heterocycles. The molecule has 1 heterocycles. The van der Waals surface area contributed by atoms with Crippen molar-refractivity contribution < 1.29 is 14.3 Å². The predicted octanol–water partition coefficient (Wildman–Crippen LogP) is 5.54. The molecule has 0 radical (unpaired) electrons. The zero-order chi connectivity index (χ0) is 24.1.